The van der Waals surface area contributed by atoms with E-state index < -0.39 is 0 Å². The Bertz CT molecular complexity index is 414. The summed E-state index contributed by atoms with van der Waals surface area (Å²) >= 11 is 0. The minimum atomic E-state index is 0.810. The molecule has 0 bridgehead atoms. The lowest BCUT2D eigenvalue weighted by Crippen LogP contribution is -1.86. The Hall–Kier alpha value is -1.44. The highest BCUT2D eigenvalue weighted by Crippen LogP contribution is 2.31. The molecule has 2 aromatic rings. The second kappa shape index (κ2) is 3.37. The quantitative estimate of drug-likeness (QED) is 0.724. The summed E-state index contributed by atoms with van der Waals surface area (Å²) in [5.41, 5.74) is 2.17. The van der Waals surface area contributed by atoms with E-state index >= 15 is 0 Å². The number of aryl methyl sites for hydroxylation is 2. The number of hydrogen-bond acceptors (Lipinski definition) is 2. The van der Waals surface area contributed by atoms with E-state index in [0.29, 0.717) is 0 Å². The molecule has 0 saturated carbocycles. The first kappa shape index (κ1) is 9.13. The minimum absolute atomic E-state index is 0.810. The summed E-state index contributed by atoms with van der Waals surface area (Å²) in [5.74, 6) is 1.74. The van der Waals surface area contributed by atoms with Gasteiger partial charge in [0, 0.05) is 5.39 Å². The maximum absolute atomic E-state index is 5.61. The number of rotatable bonds is 2. The topological polar surface area (TPSA) is 22.4 Å². The fourth-order valence-electron chi connectivity index (χ4n) is 1.75. The maximum Gasteiger partial charge on any atom is 0.176 e. The molecule has 2 rings (SSSR count). The van der Waals surface area contributed by atoms with Crippen LogP contribution in [0.25, 0.3) is 11.0 Å². The molecule has 0 fully saturated rings. The van der Waals surface area contributed by atoms with Gasteiger partial charge in [0.25, 0.3) is 0 Å². The lowest BCUT2D eigenvalue weighted by Gasteiger charge is -2.03. The molecule has 0 aliphatic rings. The van der Waals surface area contributed by atoms with E-state index in [1.54, 1.807) is 7.11 Å². The van der Waals surface area contributed by atoms with Gasteiger partial charge in [0.05, 0.1) is 7.11 Å². The first-order valence-electron chi connectivity index (χ1n) is 4.82. The van der Waals surface area contributed by atoms with Gasteiger partial charge >= 0.3 is 0 Å². The van der Waals surface area contributed by atoms with Crippen LogP contribution < -0.4 is 4.74 Å². The van der Waals surface area contributed by atoms with Crippen molar-refractivity contribution in [1.29, 1.82) is 0 Å². The van der Waals surface area contributed by atoms with Gasteiger partial charge in [0.1, 0.15) is 5.76 Å². The predicted molar refractivity (Wildman–Crippen MR) is 56.9 cm³/mol. The van der Waals surface area contributed by atoms with Crippen molar-refractivity contribution in [3.05, 3.63) is 29.5 Å². The van der Waals surface area contributed by atoms with Gasteiger partial charge in [-0.2, -0.15) is 0 Å². The van der Waals surface area contributed by atoms with Gasteiger partial charge in [-0.15, -0.1) is 0 Å². The Morgan fingerprint density at radius 2 is 2.14 bits per heavy atom. The van der Waals surface area contributed by atoms with Crippen LogP contribution >= 0.6 is 0 Å². The zero-order chi connectivity index (χ0) is 10.1. The van der Waals surface area contributed by atoms with Crippen LogP contribution in [0.4, 0.5) is 0 Å². The molecule has 0 aliphatic carbocycles. The average Bonchev–Trinajstić information content (AvgIpc) is 2.57. The van der Waals surface area contributed by atoms with Gasteiger partial charge in [-0.1, -0.05) is 13.0 Å². The molecule has 0 N–H and O–H groups in total. The number of furan rings is 1. The molecule has 0 saturated heterocycles. The van der Waals surface area contributed by atoms with Gasteiger partial charge in [0.2, 0.25) is 0 Å². The largest absolute Gasteiger partial charge is 0.493 e. The Morgan fingerprint density at radius 3 is 2.79 bits per heavy atom. The van der Waals surface area contributed by atoms with E-state index in [1.807, 2.05) is 13.0 Å². The van der Waals surface area contributed by atoms with Crippen LogP contribution in [-0.2, 0) is 6.42 Å². The van der Waals surface area contributed by atoms with E-state index in [9.17, 15) is 0 Å². The highest BCUT2D eigenvalue weighted by Gasteiger charge is 2.09. The molecule has 0 aliphatic heterocycles. The fourth-order valence-corrected chi connectivity index (χ4v) is 1.75. The second-order valence-corrected chi connectivity index (χ2v) is 3.38. The normalized spacial score (nSPS) is 10.8. The summed E-state index contributed by atoms with van der Waals surface area (Å²) in [6.07, 6.45) is 1.01. The summed E-state index contributed by atoms with van der Waals surface area (Å²) < 4.78 is 10.9. The van der Waals surface area contributed by atoms with E-state index in [2.05, 4.69) is 19.1 Å². The Labute approximate surface area is 83.5 Å². The Kier molecular flexibility index (Phi) is 2.20. The molecule has 0 spiro atoms. The second-order valence-electron chi connectivity index (χ2n) is 3.38. The maximum atomic E-state index is 5.61. The Morgan fingerprint density at radius 1 is 1.36 bits per heavy atom. The van der Waals surface area contributed by atoms with E-state index in [1.165, 1.54) is 10.9 Å². The van der Waals surface area contributed by atoms with Crippen molar-refractivity contribution < 1.29 is 9.15 Å². The molecule has 1 heterocycles. The van der Waals surface area contributed by atoms with Crippen molar-refractivity contribution in [2.45, 2.75) is 20.3 Å². The molecule has 2 nitrogen and oxygen atoms in total. The van der Waals surface area contributed by atoms with Crippen LogP contribution in [0.3, 0.4) is 0 Å². The molecule has 0 radical (unpaired) electrons. The van der Waals surface area contributed by atoms with Gasteiger partial charge in [-0.25, -0.2) is 0 Å². The zero-order valence-electron chi connectivity index (χ0n) is 8.76. The number of fused-ring (bicyclic) bond motifs is 1. The summed E-state index contributed by atoms with van der Waals surface area (Å²) in [4.78, 5) is 0. The molecular weight excluding hydrogens is 176 g/mol. The van der Waals surface area contributed by atoms with Crippen molar-refractivity contribution in [3.8, 4) is 5.75 Å². The SMILES string of the molecule is CCc1ccc(OC)c2oc(C)cc12. The number of methoxy groups -OCH3 is 1. The summed E-state index contributed by atoms with van der Waals surface area (Å²) in [5, 5.41) is 1.17. The van der Waals surface area contributed by atoms with Crippen molar-refractivity contribution in [3.63, 3.8) is 0 Å². The number of hydrogen-bond donors (Lipinski definition) is 0. The Balaban J connectivity index is 2.77. The molecule has 0 unspecified atom stereocenters. The van der Waals surface area contributed by atoms with Gasteiger partial charge < -0.3 is 9.15 Å². The van der Waals surface area contributed by atoms with Crippen molar-refractivity contribution >= 4 is 11.0 Å². The molecule has 74 valence electrons. The molecule has 2 heteroatoms. The van der Waals surface area contributed by atoms with E-state index in [-0.39, 0.29) is 0 Å². The van der Waals surface area contributed by atoms with Crippen LogP contribution in [0.1, 0.15) is 18.2 Å². The van der Waals surface area contributed by atoms with Gasteiger partial charge in [-0.05, 0) is 31.0 Å². The molecule has 14 heavy (non-hydrogen) atoms. The van der Waals surface area contributed by atoms with E-state index in [0.717, 1.165) is 23.5 Å². The molecule has 1 aromatic heterocycles. The lowest BCUT2D eigenvalue weighted by atomic mass is 10.1. The molecular formula is C12H14O2. The lowest BCUT2D eigenvalue weighted by molar-refractivity contribution is 0.408. The molecule has 0 atom stereocenters. The van der Waals surface area contributed by atoms with Gasteiger partial charge in [-0.3, -0.25) is 0 Å². The highest BCUT2D eigenvalue weighted by molar-refractivity contribution is 5.87. The highest BCUT2D eigenvalue weighted by atomic mass is 16.5. The minimum Gasteiger partial charge on any atom is -0.493 e. The van der Waals surface area contributed by atoms with Crippen LogP contribution in [0, 0.1) is 6.92 Å². The first-order valence-corrected chi connectivity index (χ1v) is 4.82. The summed E-state index contributed by atoms with van der Waals surface area (Å²) in [6.45, 7) is 4.10. The third kappa shape index (κ3) is 1.27. The van der Waals surface area contributed by atoms with Crippen molar-refractivity contribution in [1.82, 2.24) is 0 Å². The predicted octanol–water partition coefficient (Wildman–Crippen LogP) is 3.31. The number of benzene rings is 1. The molecule has 0 amide bonds. The van der Waals surface area contributed by atoms with Crippen LogP contribution in [0.5, 0.6) is 5.75 Å². The van der Waals surface area contributed by atoms with Crippen LogP contribution in [0.2, 0.25) is 0 Å². The van der Waals surface area contributed by atoms with E-state index in [4.69, 9.17) is 9.15 Å². The first-order chi connectivity index (χ1) is 6.76. The average molecular weight is 190 g/mol. The van der Waals surface area contributed by atoms with Crippen molar-refractivity contribution in [2.24, 2.45) is 0 Å². The summed E-state index contributed by atoms with van der Waals surface area (Å²) in [7, 11) is 1.66. The third-order valence-corrected chi connectivity index (χ3v) is 2.46. The molecule has 1 aromatic carbocycles. The third-order valence-electron chi connectivity index (χ3n) is 2.46. The monoisotopic (exact) mass is 190 g/mol. The zero-order valence-corrected chi connectivity index (χ0v) is 8.76. The van der Waals surface area contributed by atoms with Crippen molar-refractivity contribution in [2.75, 3.05) is 7.11 Å². The van der Waals surface area contributed by atoms with Gasteiger partial charge in [0.15, 0.2) is 11.3 Å². The number of ether oxygens (including phenoxy) is 1. The standard InChI is InChI=1S/C12H14O2/c1-4-9-5-6-11(13-3)12-10(9)7-8(2)14-12/h5-7H,4H2,1-3H3. The smallest absolute Gasteiger partial charge is 0.176 e. The fraction of sp³-hybridized carbons (Fsp3) is 0.333. The van der Waals surface area contributed by atoms with Crippen LogP contribution in [0.15, 0.2) is 22.6 Å². The van der Waals surface area contributed by atoms with Crippen LogP contribution in [-0.4, -0.2) is 7.11 Å². The summed E-state index contributed by atoms with van der Waals surface area (Å²) in [6, 6.07) is 6.12.